The van der Waals surface area contributed by atoms with Gasteiger partial charge in [-0.25, -0.2) is 8.42 Å². The molecule has 0 spiro atoms. The van der Waals surface area contributed by atoms with Crippen LogP contribution in [0.2, 0.25) is 0 Å². The molecule has 7 heteroatoms. The first-order valence-electron chi connectivity index (χ1n) is 8.90. The third-order valence-corrected chi connectivity index (χ3v) is 6.98. The molecule has 0 saturated carbocycles. The maximum Gasteiger partial charge on any atom is 0.264 e. The second-order valence-corrected chi connectivity index (χ2v) is 9.30. The highest BCUT2D eigenvalue weighted by Gasteiger charge is 2.35. The van der Waals surface area contributed by atoms with Gasteiger partial charge in [0.15, 0.2) is 0 Å². The van der Waals surface area contributed by atoms with Crippen molar-refractivity contribution in [2.45, 2.75) is 18.2 Å². The summed E-state index contributed by atoms with van der Waals surface area (Å²) in [6, 6.07) is 15.1. The Morgan fingerprint density at radius 1 is 1.19 bits per heavy atom. The van der Waals surface area contributed by atoms with Gasteiger partial charge in [0.1, 0.15) is 0 Å². The summed E-state index contributed by atoms with van der Waals surface area (Å²) in [5, 5.41) is 0. The number of hydrogen-bond acceptors (Lipinski definition) is 4. The molecule has 1 aliphatic rings. The maximum absolute atomic E-state index is 13.0. The summed E-state index contributed by atoms with van der Waals surface area (Å²) in [7, 11) is -2.25. The standard InChI is InChI=1S/C20H25N3O3S/c1-20(14-21)11-12-23(15-20)19(24)16-7-6-10-18(13-16)27(25,26)22(2)17-8-4-3-5-9-17/h3-10,13H,11-12,14-15,21H2,1-2H3. The minimum atomic E-state index is -3.76. The number of likely N-dealkylation sites (tertiary alicyclic amines) is 1. The zero-order valence-corrected chi connectivity index (χ0v) is 16.4. The summed E-state index contributed by atoms with van der Waals surface area (Å²) in [4.78, 5) is 14.7. The van der Waals surface area contributed by atoms with Gasteiger partial charge in [-0.1, -0.05) is 31.2 Å². The number of hydrogen-bond donors (Lipinski definition) is 1. The predicted octanol–water partition coefficient (Wildman–Crippen LogP) is 2.32. The Hall–Kier alpha value is -2.38. The van der Waals surface area contributed by atoms with Gasteiger partial charge in [0, 0.05) is 25.7 Å². The molecule has 1 atom stereocenters. The minimum Gasteiger partial charge on any atom is -0.338 e. The van der Waals surface area contributed by atoms with Gasteiger partial charge in [-0.2, -0.15) is 0 Å². The number of nitrogens with two attached hydrogens (primary N) is 1. The fourth-order valence-corrected chi connectivity index (χ4v) is 4.51. The first kappa shape index (κ1) is 19.4. The lowest BCUT2D eigenvalue weighted by atomic mass is 9.90. The van der Waals surface area contributed by atoms with E-state index in [0.29, 0.717) is 30.9 Å². The molecular formula is C20H25N3O3S. The molecule has 1 fully saturated rings. The molecule has 0 radical (unpaired) electrons. The van der Waals surface area contributed by atoms with E-state index in [2.05, 4.69) is 6.92 Å². The molecule has 0 aliphatic carbocycles. The van der Waals surface area contributed by atoms with Crippen molar-refractivity contribution in [2.75, 3.05) is 31.0 Å². The molecular weight excluding hydrogens is 362 g/mol. The number of carbonyl (C=O) groups excluding carboxylic acids is 1. The monoisotopic (exact) mass is 387 g/mol. The molecule has 1 saturated heterocycles. The van der Waals surface area contributed by atoms with E-state index < -0.39 is 10.0 Å². The lowest BCUT2D eigenvalue weighted by molar-refractivity contribution is 0.0776. The van der Waals surface area contributed by atoms with Crippen molar-refractivity contribution in [3.8, 4) is 0 Å². The van der Waals surface area contributed by atoms with E-state index in [-0.39, 0.29) is 16.2 Å². The summed E-state index contributed by atoms with van der Waals surface area (Å²) in [5.41, 5.74) is 6.68. The molecule has 0 bridgehead atoms. The lowest BCUT2D eigenvalue weighted by Crippen LogP contribution is -2.34. The Balaban J connectivity index is 1.86. The zero-order valence-electron chi connectivity index (χ0n) is 15.6. The summed E-state index contributed by atoms with van der Waals surface area (Å²) < 4.78 is 27.1. The molecule has 1 aliphatic heterocycles. The molecule has 1 heterocycles. The van der Waals surface area contributed by atoms with Crippen LogP contribution in [0.15, 0.2) is 59.5 Å². The highest BCUT2D eigenvalue weighted by molar-refractivity contribution is 7.92. The Bertz CT molecular complexity index is 930. The van der Waals surface area contributed by atoms with Crippen LogP contribution >= 0.6 is 0 Å². The smallest absolute Gasteiger partial charge is 0.264 e. The number of rotatable bonds is 5. The van der Waals surface area contributed by atoms with Crippen LogP contribution in [-0.2, 0) is 10.0 Å². The third-order valence-electron chi connectivity index (χ3n) is 5.20. The van der Waals surface area contributed by atoms with Crippen molar-refractivity contribution in [2.24, 2.45) is 11.1 Å². The summed E-state index contributed by atoms with van der Waals surface area (Å²) in [6.07, 6.45) is 0.851. The van der Waals surface area contributed by atoms with Crippen LogP contribution in [0.5, 0.6) is 0 Å². The molecule has 2 aromatic carbocycles. The second-order valence-electron chi connectivity index (χ2n) is 7.33. The Labute approximate surface area is 160 Å². The zero-order chi connectivity index (χ0) is 19.7. The number of sulfonamides is 1. The lowest BCUT2D eigenvalue weighted by Gasteiger charge is -2.23. The average Bonchev–Trinajstić information content (AvgIpc) is 3.10. The van der Waals surface area contributed by atoms with Crippen molar-refractivity contribution in [3.63, 3.8) is 0 Å². The Morgan fingerprint density at radius 2 is 1.89 bits per heavy atom. The average molecular weight is 388 g/mol. The summed E-state index contributed by atoms with van der Waals surface area (Å²) in [5.74, 6) is -0.161. The Kier molecular flexibility index (Phi) is 5.26. The fraction of sp³-hybridized carbons (Fsp3) is 0.350. The Morgan fingerprint density at radius 3 is 2.52 bits per heavy atom. The number of anilines is 1. The van der Waals surface area contributed by atoms with Gasteiger partial charge in [0.25, 0.3) is 15.9 Å². The highest BCUT2D eigenvalue weighted by Crippen LogP contribution is 2.30. The van der Waals surface area contributed by atoms with Gasteiger partial charge in [0.05, 0.1) is 10.6 Å². The fourth-order valence-electron chi connectivity index (χ4n) is 3.27. The summed E-state index contributed by atoms with van der Waals surface area (Å²) >= 11 is 0. The topological polar surface area (TPSA) is 83.7 Å². The van der Waals surface area contributed by atoms with Gasteiger partial charge >= 0.3 is 0 Å². The van der Waals surface area contributed by atoms with Crippen LogP contribution in [0, 0.1) is 5.41 Å². The van der Waals surface area contributed by atoms with E-state index in [4.69, 9.17) is 5.73 Å². The number of amides is 1. The van der Waals surface area contributed by atoms with E-state index in [1.165, 1.54) is 23.5 Å². The SMILES string of the molecule is CN(c1ccccc1)S(=O)(=O)c1cccc(C(=O)N2CCC(C)(CN)C2)c1. The van der Waals surface area contributed by atoms with Gasteiger partial charge in [0.2, 0.25) is 0 Å². The first-order chi connectivity index (χ1) is 12.8. The molecule has 2 aromatic rings. The van der Waals surface area contributed by atoms with Gasteiger partial charge in [-0.05, 0) is 48.7 Å². The molecule has 27 heavy (non-hydrogen) atoms. The molecule has 6 nitrogen and oxygen atoms in total. The summed E-state index contributed by atoms with van der Waals surface area (Å²) in [6.45, 7) is 3.81. The molecule has 144 valence electrons. The molecule has 3 rings (SSSR count). The first-order valence-corrected chi connectivity index (χ1v) is 10.3. The van der Waals surface area contributed by atoms with Crippen LogP contribution < -0.4 is 10.0 Å². The number of nitrogens with zero attached hydrogens (tertiary/aromatic N) is 2. The number of carbonyl (C=O) groups is 1. The van der Waals surface area contributed by atoms with Crippen LogP contribution in [0.25, 0.3) is 0 Å². The van der Waals surface area contributed by atoms with Crippen molar-refractivity contribution in [3.05, 3.63) is 60.2 Å². The van der Waals surface area contributed by atoms with E-state index in [1.807, 2.05) is 6.07 Å². The largest absolute Gasteiger partial charge is 0.338 e. The molecule has 1 amide bonds. The van der Waals surface area contributed by atoms with Gasteiger partial charge in [-0.15, -0.1) is 0 Å². The number of benzene rings is 2. The van der Waals surface area contributed by atoms with Crippen molar-refractivity contribution in [1.29, 1.82) is 0 Å². The van der Waals surface area contributed by atoms with Gasteiger partial charge < -0.3 is 10.6 Å². The highest BCUT2D eigenvalue weighted by atomic mass is 32.2. The normalized spacial score (nSPS) is 19.9. The van der Waals surface area contributed by atoms with Crippen LogP contribution in [-0.4, -0.2) is 45.9 Å². The van der Waals surface area contributed by atoms with Crippen molar-refractivity contribution in [1.82, 2.24) is 4.90 Å². The van der Waals surface area contributed by atoms with E-state index in [0.717, 1.165) is 6.42 Å². The van der Waals surface area contributed by atoms with Crippen molar-refractivity contribution < 1.29 is 13.2 Å². The van der Waals surface area contributed by atoms with E-state index in [9.17, 15) is 13.2 Å². The predicted molar refractivity (Wildman–Crippen MR) is 106 cm³/mol. The van der Waals surface area contributed by atoms with Crippen LogP contribution in [0.3, 0.4) is 0 Å². The third kappa shape index (κ3) is 3.84. The van der Waals surface area contributed by atoms with Crippen molar-refractivity contribution >= 4 is 21.6 Å². The second kappa shape index (κ2) is 7.32. The quantitative estimate of drug-likeness (QED) is 0.853. The van der Waals surface area contributed by atoms with E-state index in [1.54, 1.807) is 41.3 Å². The molecule has 0 aromatic heterocycles. The minimum absolute atomic E-state index is 0.0765. The molecule has 1 unspecified atom stereocenters. The van der Waals surface area contributed by atoms with E-state index >= 15 is 0 Å². The van der Waals surface area contributed by atoms with Crippen LogP contribution in [0.4, 0.5) is 5.69 Å². The maximum atomic E-state index is 13.0. The molecule has 2 N–H and O–H groups in total. The van der Waals surface area contributed by atoms with Crippen LogP contribution in [0.1, 0.15) is 23.7 Å². The van der Waals surface area contributed by atoms with Gasteiger partial charge in [-0.3, -0.25) is 9.10 Å². The number of para-hydroxylation sites is 1.